The predicted octanol–water partition coefficient (Wildman–Crippen LogP) is 5.07. The van der Waals surface area contributed by atoms with Gasteiger partial charge in [0.25, 0.3) is 0 Å². The number of nitrogens with zero attached hydrogens (tertiary/aromatic N) is 1. The molecule has 5 nitrogen and oxygen atoms in total. The summed E-state index contributed by atoms with van der Waals surface area (Å²) in [6.07, 6.45) is 13.7. The average Bonchev–Trinajstić information content (AvgIpc) is 2.76. The number of ether oxygens (including phenoxy) is 1. The highest BCUT2D eigenvalue weighted by molar-refractivity contribution is 5.99. The standard InChI is InChI=1S/C25H42FN3O2/c1-7-10-11-14-24(27-6)23(20(4)25(30)13-9-3)19-28-17-22(12-8-2)18-29-21(5)31-16-15-26/h11-12,14,18-19,21,24,27-28H,4,7-10,13,15-17H2,1-3,5-6H3/b14-11-,22-12-,23-19-,29-18?. The van der Waals surface area contributed by atoms with Crippen LogP contribution in [0.15, 0.2) is 52.7 Å². The molecule has 0 aliphatic carbocycles. The van der Waals surface area contributed by atoms with E-state index in [4.69, 9.17) is 4.74 Å². The van der Waals surface area contributed by atoms with Crippen LogP contribution in [0.3, 0.4) is 0 Å². The maximum absolute atomic E-state index is 12.5. The van der Waals surface area contributed by atoms with Gasteiger partial charge in [-0.3, -0.25) is 9.79 Å². The zero-order valence-electron chi connectivity index (χ0n) is 20.0. The molecule has 2 unspecified atom stereocenters. The quantitative estimate of drug-likeness (QED) is 0.137. The molecule has 0 radical (unpaired) electrons. The topological polar surface area (TPSA) is 62.7 Å². The molecule has 0 amide bonds. The third-order valence-electron chi connectivity index (χ3n) is 4.51. The molecule has 176 valence electrons. The number of carbonyl (C=O) groups is 1. The Morgan fingerprint density at radius 1 is 1.26 bits per heavy atom. The Morgan fingerprint density at radius 3 is 2.58 bits per heavy atom. The molecule has 0 saturated heterocycles. The number of Topliss-reactive ketones (excluding diaryl/α,β-unsaturated/α-hetero) is 1. The van der Waals surface area contributed by atoms with Crippen LogP contribution in [0.1, 0.15) is 59.8 Å². The van der Waals surface area contributed by atoms with Crippen molar-refractivity contribution in [3.63, 3.8) is 0 Å². The summed E-state index contributed by atoms with van der Waals surface area (Å²) < 4.78 is 17.5. The molecule has 0 rings (SSSR count). The van der Waals surface area contributed by atoms with E-state index < -0.39 is 12.9 Å². The molecule has 31 heavy (non-hydrogen) atoms. The van der Waals surface area contributed by atoms with Gasteiger partial charge in [-0.25, -0.2) is 4.39 Å². The Kier molecular flexibility index (Phi) is 17.5. The van der Waals surface area contributed by atoms with E-state index in [1.165, 1.54) is 0 Å². The highest BCUT2D eigenvalue weighted by Gasteiger charge is 2.17. The first-order valence-electron chi connectivity index (χ1n) is 11.3. The van der Waals surface area contributed by atoms with Gasteiger partial charge in [-0.05, 0) is 44.4 Å². The number of rotatable bonds is 18. The van der Waals surface area contributed by atoms with Gasteiger partial charge in [0.1, 0.15) is 12.9 Å². The first-order valence-corrected chi connectivity index (χ1v) is 11.3. The summed E-state index contributed by atoms with van der Waals surface area (Å²) in [4.78, 5) is 16.8. The van der Waals surface area contributed by atoms with E-state index in [1.54, 1.807) is 13.1 Å². The molecular weight excluding hydrogens is 393 g/mol. The second kappa shape index (κ2) is 18.7. The minimum Gasteiger partial charge on any atom is -0.386 e. The largest absolute Gasteiger partial charge is 0.386 e. The van der Waals surface area contributed by atoms with Crippen molar-refractivity contribution in [3.05, 3.63) is 47.7 Å². The number of likely N-dealkylation sites (N-methyl/N-ethyl adjacent to an activating group) is 1. The Hall–Kier alpha value is -2.05. The van der Waals surface area contributed by atoms with Gasteiger partial charge in [0.05, 0.1) is 12.6 Å². The van der Waals surface area contributed by atoms with Crippen LogP contribution in [0.25, 0.3) is 0 Å². The summed E-state index contributed by atoms with van der Waals surface area (Å²) in [6.45, 7) is 12.1. The summed E-state index contributed by atoms with van der Waals surface area (Å²) in [6, 6.07) is -0.103. The van der Waals surface area contributed by atoms with Crippen LogP contribution in [0.5, 0.6) is 0 Å². The number of aliphatic imine (C=N–C) groups is 1. The first-order chi connectivity index (χ1) is 14.9. The molecule has 2 N–H and O–H groups in total. The normalized spacial score (nSPS) is 14.9. The summed E-state index contributed by atoms with van der Waals surface area (Å²) in [7, 11) is 1.88. The molecule has 6 heteroatoms. The monoisotopic (exact) mass is 435 g/mol. The minimum atomic E-state index is -0.521. The van der Waals surface area contributed by atoms with Crippen LogP contribution in [0.4, 0.5) is 4.39 Å². The van der Waals surface area contributed by atoms with E-state index in [9.17, 15) is 9.18 Å². The van der Waals surface area contributed by atoms with Crippen LogP contribution in [-0.4, -0.2) is 51.1 Å². The van der Waals surface area contributed by atoms with Crippen LogP contribution >= 0.6 is 0 Å². The van der Waals surface area contributed by atoms with Crippen molar-refractivity contribution < 1.29 is 13.9 Å². The van der Waals surface area contributed by atoms with Gasteiger partial charge in [-0.1, -0.05) is 52.0 Å². The fourth-order valence-corrected chi connectivity index (χ4v) is 2.83. The average molecular weight is 436 g/mol. The number of allylic oxidation sites excluding steroid dienone is 2. The van der Waals surface area contributed by atoms with Crippen LogP contribution in [0.2, 0.25) is 0 Å². The molecule has 0 bridgehead atoms. The van der Waals surface area contributed by atoms with E-state index >= 15 is 0 Å². The zero-order valence-corrected chi connectivity index (χ0v) is 20.0. The van der Waals surface area contributed by atoms with Gasteiger partial charge in [0.2, 0.25) is 0 Å². The number of halogens is 1. The van der Waals surface area contributed by atoms with Gasteiger partial charge >= 0.3 is 0 Å². The lowest BCUT2D eigenvalue weighted by Crippen LogP contribution is -2.29. The second-order valence-electron chi connectivity index (χ2n) is 7.24. The predicted molar refractivity (Wildman–Crippen MR) is 130 cm³/mol. The van der Waals surface area contributed by atoms with Crippen LogP contribution in [-0.2, 0) is 9.53 Å². The fourth-order valence-electron chi connectivity index (χ4n) is 2.83. The number of hydrogen-bond donors (Lipinski definition) is 2. The fraction of sp³-hybridized carbons (Fsp3) is 0.600. The Bertz CT molecular complexity index is 639. The molecule has 0 aliphatic rings. The van der Waals surface area contributed by atoms with E-state index in [1.807, 2.05) is 20.2 Å². The summed E-state index contributed by atoms with van der Waals surface area (Å²) in [5, 5.41) is 6.58. The smallest absolute Gasteiger partial charge is 0.162 e. The van der Waals surface area contributed by atoms with Gasteiger partial charge in [-0.15, -0.1) is 0 Å². The molecule has 0 aliphatic heterocycles. The highest BCUT2D eigenvalue weighted by atomic mass is 19.1. The summed E-state index contributed by atoms with van der Waals surface area (Å²) in [5.74, 6) is 0.0596. The zero-order chi connectivity index (χ0) is 23.5. The van der Waals surface area contributed by atoms with Crippen molar-refractivity contribution in [2.75, 3.05) is 26.9 Å². The van der Waals surface area contributed by atoms with Crippen molar-refractivity contribution in [2.45, 2.75) is 72.1 Å². The van der Waals surface area contributed by atoms with Crippen molar-refractivity contribution in [3.8, 4) is 0 Å². The summed E-state index contributed by atoms with van der Waals surface area (Å²) >= 11 is 0. The Labute approximate surface area is 188 Å². The molecule has 0 heterocycles. The van der Waals surface area contributed by atoms with E-state index in [0.29, 0.717) is 18.5 Å². The molecule has 0 aromatic rings. The van der Waals surface area contributed by atoms with Gasteiger partial charge in [0, 0.05) is 31.0 Å². The van der Waals surface area contributed by atoms with Crippen molar-refractivity contribution in [2.24, 2.45) is 4.99 Å². The molecule has 2 atom stereocenters. The third-order valence-corrected chi connectivity index (χ3v) is 4.51. The molecule has 0 aromatic carbocycles. The van der Waals surface area contributed by atoms with Crippen molar-refractivity contribution >= 4 is 12.0 Å². The van der Waals surface area contributed by atoms with Crippen LogP contribution < -0.4 is 10.6 Å². The van der Waals surface area contributed by atoms with Crippen molar-refractivity contribution in [1.29, 1.82) is 0 Å². The van der Waals surface area contributed by atoms with Crippen molar-refractivity contribution in [1.82, 2.24) is 10.6 Å². The minimum absolute atomic E-state index is 0.0422. The molecular formula is C25H42FN3O2. The number of carbonyl (C=O) groups excluding carboxylic acids is 1. The van der Waals surface area contributed by atoms with Gasteiger partial charge < -0.3 is 15.4 Å². The maximum atomic E-state index is 12.5. The number of alkyl halides is 1. The lowest BCUT2D eigenvalue weighted by molar-refractivity contribution is -0.115. The molecule has 0 aromatic heterocycles. The number of nitrogens with one attached hydrogen (secondary N) is 2. The Balaban J connectivity index is 5.44. The van der Waals surface area contributed by atoms with E-state index in [-0.39, 0.29) is 18.4 Å². The first kappa shape index (κ1) is 28.9. The number of hydrogen-bond acceptors (Lipinski definition) is 5. The Morgan fingerprint density at radius 2 is 2.00 bits per heavy atom. The third kappa shape index (κ3) is 13.1. The summed E-state index contributed by atoms with van der Waals surface area (Å²) in [5.41, 5.74) is 2.35. The molecule has 0 spiro atoms. The molecule has 0 fully saturated rings. The highest BCUT2D eigenvalue weighted by Crippen LogP contribution is 2.17. The van der Waals surface area contributed by atoms with E-state index in [2.05, 4.69) is 54.3 Å². The SMILES string of the molecule is C=C(C(=O)CCC)/C(=C/NC/C(C=NC(C)OCCF)=C/CC)C(/C=C\CCC)NC. The van der Waals surface area contributed by atoms with Gasteiger partial charge in [0.15, 0.2) is 5.78 Å². The van der Waals surface area contributed by atoms with E-state index in [0.717, 1.165) is 36.8 Å². The number of ketones is 1. The second-order valence-corrected chi connectivity index (χ2v) is 7.24. The maximum Gasteiger partial charge on any atom is 0.162 e. The lowest BCUT2D eigenvalue weighted by atomic mass is 9.94. The number of unbranched alkanes of at least 4 members (excludes halogenated alkanes) is 1. The molecule has 0 saturated carbocycles. The van der Waals surface area contributed by atoms with Crippen LogP contribution in [0, 0.1) is 0 Å². The lowest BCUT2D eigenvalue weighted by Gasteiger charge is -2.19. The van der Waals surface area contributed by atoms with Gasteiger partial charge in [-0.2, -0.15) is 0 Å².